The van der Waals surface area contributed by atoms with Crippen LogP contribution in [0.4, 0.5) is 0 Å². The number of esters is 1. The average molecular weight is 315 g/mol. The topological polar surface area (TPSA) is 35.5 Å². The summed E-state index contributed by atoms with van der Waals surface area (Å²) >= 11 is 5.91. The fraction of sp³-hybridized carbons (Fsp3) is 0.533. The van der Waals surface area contributed by atoms with E-state index in [0.29, 0.717) is 24.5 Å². The summed E-state index contributed by atoms with van der Waals surface area (Å²) in [5.41, 5.74) is 1.06. The molecule has 0 heterocycles. The van der Waals surface area contributed by atoms with Crippen molar-refractivity contribution in [1.29, 1.82) is 0 Å². The van der Waals surface area contributed by atoms with Gasteiger partial charge in [-0.3, -0.25) is 4.79 Å². The Morgan fingerprint density at radius 2 is 1.85 bits per heavy atom. The SMILES string of the molecule is CCOC(=O)CC[C@@H](O[Si](C)(C)C)c1ccc(Cl)cc1. The molecule has 5 heteroatoms. The van der Waals surface area contributed by atoms with Crippen LogP contribution in [0, 0.1) is 0 Å². The molecule has 0 aliphatic rings. The van der Waals surface area contributed by atoms with Gasteiger partial charge in [-0.1, -0.05) is 23.7 Å². The lowest BCUT2D eigenvalue weighted by atomic mass is 10.1. The minimum atomic E-state index is -1.69. The molecule has 1 aromatic rings. The van der Waals surface area contributed by atoms with Crippen LogP contribution in [0.5, 0.6) is 0 Å². The second kappa shape index (κ2) is 7.81. The van der Waals surface area contributed by atoms with Crippen LogP contribution in [0.15, 0.2) is 24.3 Å². The monoisotopic (exact) mass is 314 g/mol. The first kappa shape index (κ1) is 17.2. The lowest BCUT2D eigenvalue weighted by Gasteiger charge is -2.26. The molecule has 0 aliphatic carbocycles. The molecule has 0 saturated carbocycles. The standard InChI is InChI=1S/C15H23ClO3Si/c1-5-18-15(17)11-10-14(19-20(2,3)4)12-6-8-13(16)9-7-12/h6-9,14H,5,10-11H2,1-4H3/t14-/m1/s1. The van der Waals surface area contributed by atoms with Gasteiger partial charge in [0.2, 0.25) is 0 Å². The second-order valence-electron chi connectivity index (χ2n) is 5.61. The normalized spacial score (nSPS) is 13.1. The van der Waals surface area contributed by atoms with E-state index in [4.69, 9.17) is 20.8 Å². The lowest BCUT2D eigenvalue weighted by molar-refractivity contribution is -0.143. The molecular weight excluding hydrogens is 292 g/mol. The zero-order valence-electron chi connectivity index (χ0n) is 12.6. The highest BCUT2D eigenvalue weighted by molar-refractivity contribution is 6.69. The van der Waals surface area contributed by atoms with E-state index in [1.165, 1.54) is 0 Å². The van der Waals surface area contributed by atoms with Crippen molar-refractivity contribution >= 4 is 25.9 Å². The maximum Gasteiger partial charge on any atom is 0.305 e. The maximum atomic E-state index is 11.5. The smallest absolute Gasteiger partial charge is 0.305 e. The number of hydrogen-bond donors (Lipinski definition) is 0. The summed E-state index contributed by atoms with van der Waals surface area (Å²) < 4.78 is 11.2. The fourth-order valence-corrected chi connectivity index (χ4v) is 3.11. The van der Waals surface area contributed by atoms with Gasteiger partial charge in [0.15, 0.2) is 8.32 Å². The van der Waals surface area contributed by atoms with Crippen molar-refractivity contribution in [3.63, 3.8) is 0 Å². The molecule has 0 fully saturated rings. The van der Waals surface area contributed by atoms with Crippen LogP contribution in [0.1, 0.15) is 31.4 Å². The average Bonchev–Trinajstić information content (AvgIpc) is 2.34. The molecule has 0 bridgehead atoms. The van der Waals surface area contributed by atoms with Crippen LogP contribution >= 0.6 is 11.6 Å². The van der Waals surface area contributed by atoms with Gasteiger partial charge in [-0.15, -0.1) is 0 Å². The first-order valence-electron chi connectivity index (χ1n) is 6.90. The van der Waals surface area contributed by atoms with E-state index in [1.54, 1.807) is 0 Å². The number of carbonyl (C=O) groups is 1. The van der Waals surface area contributed by atoms with Crippen molar-refractivity contribution in [2.45, 2.75) is 45.5 Å². The molecule has 1 atom stereocenters. The maximum absolute atomic E-state index is 11.5. The van der Waals surface area contributed by atoms with Crippen molar-refractivity contribution in [2.24, 2.45) is 0 Å². The Labute approximate surface area is 127 Å². The summed E-state index contributed by atoms with van der Waals surface area (Å²) in [7, 11) is -1.69. The van der Waals surface area contributed by atoms with E-state index < -0.39 is 8.32 Å². The van der Waals surface area contributed by atoms with Gasteiger partial charge in [0.1, 0.15) is 0 Å². The first-order valence-corrected chi connectivity index (χ1v) is 10.7. The lowest BCUT2D eigenvalue weighted by Crippen LogP contribution is -2.28. The highest BCUT2D eigenvalue weighted by Gasteiger charge is 2.23. The Morgan fingerprint density at radius 3 is 2.35 bits per heavy atom. The Kier molecular flexibility index (Phi) is 6.72. The van der Waals surface area contributed by atoms with Crippen molar-refractivity contribution < 1.29 is 14.0 Å². The highest BCUT2D eigenvalue weighted by Crippen LogP contribution is 2.28. The number of halogens is 1. The predicted molar refractivity (Wildman–Crippen MR) is 84.5 cm³/mol. The fourth-order valence-electron chi connectivity index (χ4n) is 1.88. The minimum absolute atomic E-state index is 0.0802. The molecule has 20 heavy (non-hydrogen) atoms. The predicted octanol–water partition coefficient (Wildman–Crippen LogP) is 4.58. The number of ether oxygens (including phenoxy) is 1. The van der Waals surface area contributed by atoms with Crippen molar-refractivity contribution in [2.75, 3.05) is 6.61 Å². The molecule has 0 aromatic heterocycles. The zero-order valence-corrected chi connectivity index (χ0v) is 14.4. The Hall–Kier alpha value is -0.843. The molecule has 3 nitrogen and oxygen atoms in total. The molecule has 0 unspecified atom stereocenters. The van der Waals surface area contributed by atoms with E-state index in [-0.39, 0.29) is 12.1 Å². The van der Waals surface area contributed by atoms with Crippen LogP contribution in [0.2, 0.25) is 24.7 Å². The summed E-state index contributed by atoms with van der Waals surface area (Å²) in [6.45, 7) is 8.65. The van der Waals surface area contributed by atoms with Crippen LogP contribution in [0.25, 0.3) is 0 Å². The van der Waals surface area contributed by atoms with Gasteiger partial charge in [-0.25, -0.2) is 0 Å². The molecule has 0 amide bonds. The van der Waals surface area contributed by atoms with Crippen LogP contribution < -0.4 is 0 Å². The molecule has 0 saturated heterocycles. The summed E-state index contributed by atoms with van der Waals surface area (Å²) in [5.74, 6) is -0.175. The third kappa shape index (κ3) is 6.55. The third-order valence-electron chi connectivity index (χ3n) is 2.65. The Bertz CT molecular complexity index is 426. The van der Waals surface area contributed by atoms with Gasteiger partial charge >= 0.3 is 5.97 Å². The van der Waals surface area contributed by atoms with Gasteiger partial charge < -0.3 is 9.16 Å². The van der Waals surface area contributed by atoms with E-state index in [0.717, 1.165) is 5.56 Å². The molecule has 1 rings (SSSR count). The first-order chi connectivity index (χ1) is 9.31. The van der Waals surface area contributed by atoms with E-state index >= 15 is 0 Å². The number of benzene rings is 1. The van der Waals surface area contributed by atoms with Crippen molar-refractivity contribution in [1.82, 2.24) is 0 Å². The Balaban J connectivity index is 2.75. The molecule has 0 aliphatic heterocycles. The largest absolute Gasteiger partial charge is 0.466 e. The van der Waals surface area contributed by atoms with Crippen molar-refractivity contribution in [3.05, 3.63) is 34.9 Å². The Morgan fingerprint density at radius 1 is 1.25 bits per heavy atom. The summed E-state index contributed by atoms with van der Waals surface area (Å²) in [6, 6.07) is 7.61. The quantitative estimate of drug-likeness (QED) is 0.546. The van der Waals surface area contributed by atoms with E-state index in [2.05, 4.69) is 19.6 Å². The molecule has 0 N–H and O–H groups in total. The third-order valence-corrected chi connectivity index (χ3v) is 3.90. The number of rotatable bonds is 7. The van der Waals surface area contributed by atoms with Crippen molar-refractivity contribution in [3.8, 4) is 0 Å². The van der Waals surface area contributed by atoms with E-state index in [1.807, 2.05) is 31.2 Å². The van der Waals surface area contributed by atoms with Crippen LogP contribution in [-0.2, 0) is 14.0 Å². The van der Waals surface area contributed by atoms with Gasteiger partial charge in [-0.2, -0.15) is 0 Å². The second-order valence-corrected chi connectivity index (χ2v) is 10.5. The van der Waals surface area contributed by atoms with Gasteiger partial charge in [0.05, 0.1) is 12.7 Å². The van der Waals surface area contributed by atoms with Crippen LogP contribution in [0.3, 0.4) is 0 Å². The summed E-state index contributed by atoms with van der Waals surface area (Å²) in [5, 5.41) is 0.700. The minimum Gasteiger partial charge on any atom is -0.466 e. The molecule has 0 radical (unpaired) electrons. The van der Waals surface area contributed by atoms with E-state index in [9.17, 15) is 4.79 Å². The molecule has 0 spiro atoms. The highest BCUT2D eigenvalue weighted by atomic mass is 35.5. The molecule has 112 valence electrons. The molecule has 1 aromatic carbocycles. The zero-order chi connectivity index (χ0) is 15.2. The number of hydrogen-bond acceptors (Lipinski definition) is 3. The summed E-state index contributed by atoms with van der Waals surface area (Å²) in [6.07, 6.45) is 0.916. The van der Waals surface area contributed by atoms with Gasteiger partial charge in [0.25, 0.3) is 0 Å². The summed E-state index contributed by atoms with van der Waals surface area (Å²) in [4.78, 5) is 11.5. The molecular formula is C15H23ClO3Si. The van der Waals surface area contributed by atoms with Gasteiger partial charge in [0, 0.05) is 11.4 Å². The van der Waals surface area contributed by atoms with Crippen LogP contribution in [-0.4, -0.2) is 20.9 Å². The van der Waals surface area contributed by atoms with Gasteiger partial charge in [-0.05, 0) is 50.7 Å². The number of carbonyl (C=O) groups excluding carboxylic acids is 1.